The average molecular weight is 651 g/mol. The van der Waals surface area contributed by atoms with Gasteiger partial charge < -0.3 is 19.9 Å². The normalized spacial score (nSPS) is 23.4. The van der Waals surface area contributed by atoms with Gasteiger partial charge in [0.05, 0.1) is 13.4 Å². The molecular formula is C32H31F2N5O6P+. The molecule has 5 atom stereocenters. The Balaban J connectivity index is 1.51. The number of nitrogens with one attached hydrogen (secondary N) is 2. The smallest absolute Gasteiger partial charge is 0.497 e. The van der Waals surface area contributed by atoms with E-state index >= 15 is 8.78 Å². The molecule has 3 N–H and O–H groups in total. The van der Waals surface area contributed by atoms with E-state index in [-0.39, 0.29) is 17.1 Å². The van der Waals surface area contributed by atoms with Crippen LogP contribution in [0.5, 0.6) is 5.75 Å². The second-order valence-electron chi connectivity index (χ2n) is 11.1. The topological polar surface area (TPSA) is 141 Å². The fraction of sp³-hybridized carbons (Fsp3) is 0.281. The molecule has 5 aromatic rings. The zero-order valence-electron chi connectivity index (χ0n) is 25.1. The average Bonchev–Trinajstić information content (AvgIpc) is 3.56. The molecule has 0 amide bonds. The van der Waals surface area contributed by atoms with Gasteiger partial charge in [0.25, 0.3) is 11.4 Å². The summed E-state index contributed by atoms with van der Waals surface area (Å²) in [6, 6.07) is 26.5. The van der Waals surface area contributed by atoms with E-state index in [4.69, 9.17) is 14.0 Å². The van der Waals surface area contributed by atoms with E-state index in [9.17, 15) is 14.5 Å². The van der Waals surface area contributed by atoms with E-state index in [1.165, 1.54) is 6.66 Å². The fourth-order valence-electron chi connectivity index (χ4n) is 5.82. The van der Waals surface area contributed by atoms with Gasteiger partial charge in [0.15, 0.2) is 36.8 Å². The Morgan fingerprint density at radius 2 is 1.65 bits per heavy atom. The number of ether oxygens (including phenoxy) is 2. The highest BCUT2D eigenvalue weighted by Crippen LogP contribution is 2.48. The third-order valence-electron chi connectivity index (χ3n) is 8.07. The molecule has 0 spiro atoms. The van der Waals surface area contributed by atoms with Crippen molar-refractivity contribution in [2.45, 2.75) is 36.3 Å². The highest BCUT2D eigenvalue weighted by Gasteiger charge is 2.65. The van der Waals surface area contributed by atoms with Crippen molar-refractivity contribution in [3.05, 3.63) is 118 Å². The summed E-state index contributed by atoms with van der Waals surface area (Å²) in [5.41, 5.74) is -2.10. The van der Waals surface area contributed by atoms with Crippen molar-refractivity contribution in [3.8, 4) is 5.75 Å². The van der Waals surface area contributed by atoms with Gasteiger partial charge in [0.1, 0.15) is 16.9 Å². The number of benzene rings is 3. The molecule has 0 saturated carbocycles. The molecule has 238 valence electrons. The van der Waals surface area contributed by atoms with Crippen LogP contribution >= 0.6 is 8.03 Å². The maximum Gasteiger partial charge on any atom is 0.505 e. The monoisotopic (exact) mass is 650 g/mol. The fourth-order valence-corrected chi connectivity index (χ4v) is 6.18. The summed E-state index contributed by atoms with van der Waals surface area (Å²) in [5.74, 6) is -2.50. The Morgan fingerprint density at radius 1 is 1.07 bits per heavy atom. The van der Waals surface area contributed by atoms with Gasteiger partial charge in [-0.15, -0.1) is 4.52 Å². The maximum atomic E-state index is 15.6. The van der Waals surface area contributed by atoms with Gasteiger partial charge in [-0.05, 0) is 40.3 Å². The van der Waals surface area contributed by atoms with Gasteiger partial charge >= 0.3 is 8.03 Å². The molecule has 46 heavy (non-hydrogen) atoms. The van der Waals surface area contributed by atoms with Crippen LogP contribution in [0.15, 0.2) is 96.1 Å². The van der Waals surface area contributed by atoms with Gasteiger partial charge in [-0.25, -0.2) is 13.8 Å². The Kier molecular flexibility index (Phi) is 8.20. The minimum absolute atomic E-state index is 0.00460. The van der Waals surface area contributed by atoms with Gasteiger partial charge in [0.2, 0.25) is 5.95 Å². The summed E-state index contributed by atoms with van der Waals surface area (Å²) in [4.78, 5) is 24.9. The molecule has 1 saturated heterocycles. The number of nitrogens with zero attached hydrogens (tertiary/aromatic N) is 3. The standard InChI is InChI=1S/C32H30F2N5O6P/c1-30(41)27(33)31(34,18-44-46(3)42)45-28(30)39-19-35-24-25(39)36-29(37-26(24)40)38-32(20-10-6-4-7-11-20,21-12-8-5-9-13-21)22-14-16-23(43-2)17-15-22/h4-17,19,27-28,41H,18H2,1-3H3,(H-,36,37,38,40)/p+1/t27-,28+,30+,31+/m0/s1. The zero-order chi connectivity index (χ0) is 32.7. The molecule has 0 radical (unpaired) electrons. The zero-order valence-corrected chi connectivity index (χ0v) is 25.9. The number of aliphatic hydroxyl groups is 1. The van der Waals surface area contributed by atoms with Crippen LogP contribution in [0.1, 0.15) is 29.8 Å². The molecule has 1 aliphatic heterocycles. The second-order valence-corrected chi connectivity index (χ2v) is 12.3. The number of aromatic amines is 1. The molecule has 0 aliphatic carbocycles. The minimum Gasteiger partial charge on any atom is -0.497 e. The number of halogens is 2. The van der Waals surface area contributed by atoms with Crippen LogP contribution in [0.4, 0.5) is 14.7 Å². The molecule has 3 aromatic carbocycles. The lowest BCUT2D eigenvalue weighted by Gasteiger charge is -2.37. The predicted octanol–water partition coefficient (Wildman–Crippen LogP) is 5.20. The summed E-state index contributed by atoms with van der Waals surface area (Å²) < 4.78 is 59.2. The number of methoxy groups -OCH3 is 1. The van der Waals surface area contributed by atoms with Crippen LogP contribution in [0.2, 0.25) is 0 Å². The Labute approximate surface area is 263 Å². The predicted molar refractivity (Wildman–Crippen MR) is 166 cm³/mol. The van der Waals surface area contributed by atoms with Crippen molar-refractivity contribution in [1.29, 1.82) is 0 Å². The lowest BCUT2D eigenvalue weighted by molar-refractivity contribution is -0.191. The van der Waals surface area contributed by atoms with Crippen molar-refractivity contribution in [2.75, 3.05) is 25.7 Å². The summed E-state index contributed by atoms with van der Waals surface area (Å²) >= 11 is 0. The summed E-state index contributed by atoms with van der Waals surface area (Å²) in [6.45, 7) is 1.20. The molecule has 1 aliphatic rings. The lowest BCUT2D eigenvalue weighted by Crippen LogP contribution is -2.46. The van der Waals surface area contributed by atoms with Crippen LogP contribution in [0.3, 0.4) is 0 Å². The quantitative estimate of drug-likeness (QED) is 0.137. The highest BCUT2D eigenvalue weighted by molar-refractivity contribution is 7.38. The Hall–Kier alpha value is -4.55. The van der Waals surface area contributed by atoms with Gasteiger partial charge in [-0.2, -0.15) is 4.98 Å². The van der Waals surface area contributed by atoms with Gasteiger partial charge in [0, 0.05) is 0 Å². The first-order chi connectivity index (χ1) is 22.0. The van der Waals surface area contributed by atoms with Crippen LogP contribution < -0.4 is 15.6 Å². The van der Waals surface area contributed by atoms with Crippen molar-refractivity contribution in [3.63, 3.8) is 0 Å². The van der Waals surface area contributed by atoms with E-state index in [0.29, 0.717) is 5.75 Å². The number of hydrogen-bond acceptors (Lipinski definition) is 9. The molecule has 1 unspecified atom stereocenters. The molecule has 11 nitrogen and oxygen atoms in total. The second kappa shape index (κ2) is 12.0. The number of H-pyrrole nitrogens is 1. The molecule has 0 bridgehead atoms. The molecule has 14 heteroatoms. The number of imidazole rings is 1. The number of hydrogen-bond donors (Lipinski definition) is 3. The van der Waals surface area contributed by atoms with Crippen LogP contribution in [0.25, 0.3) is 11.2 Å². The molecule has 3 heterocycles. The first-order valence-electron chi connectivity index (χ1n) is 14.3. The number of alkyl halides is 2. The third kappa shape index (κ3) is 5.35. The Bertz CT molecular complexity index is 1880. The van der Waals surface area contributed by atoms with Crippen molar-refractivity contribution in [2.24, 2.45) is 0 Å². The number of fused-ring (bicyclic) bond motifs is 1. The first kappa shape index (κ1) is 31.4. The first-order valence-corrected chi connectivity index (χ1v) is 15.9. The van der Waals surface area contributed by atoms with Crippen LogP contribution in [0, 0.1) is 0 Å². The Morgan fingerprint density at radius 3 is 2.22 bits per heavy atom. The number of rotatable bonds is 10. The lowest BCUT2D eigenvalue weighted by atomic mass is 9.77. The molecule has 6 rings (SSSR count). The van der Waals surface area contributed by atoms with Crippen LogP contribution in [-0.4, -0.2) is 62.6 Å². The SMILES string of the molecule is COc1ccc(C(Nc2nc3c(ncn3[C@@H]3O[C@](F)(CO[P+](C)=O)[C@@H](F)[C@@]3(C)O)c(=O)[nH]2)(c2ccccc2)c2ccccc2)cc1. The van der Waals surface area contributed by atoms with E-state index in [0.717, 1.165) is 34.5 Å². The summed E-state index contributed by atoms with van der Waals surface area (Å²) in [5, 5.41) is 14.6. The molecule has 1 fully saturated rings. The van der Waals surface area contributed by atoms with Crippen molar-refractivity contribution in [1.82, 2.24) is 19.5 Å². The van der Waals surface area contributed by atoms with E-state index in [2.05, 4.69) is 20.3 Å². The molecular weight excluding hydrogens is 619 g/mol. The maximum absolute atomic E-state index is 15.6. The summed E-state index contributed by atoms with van der Waals surface area (Å²) in [7, 11) is -0.706. The molecule has 2 aromatic heterocycles. The van der Waals surface area contributed by atoms with Crippen molar-refractivity contribution < 1.29 is 32.4 Å². The van der Waals surface area contributed by atoms with E-state index < -0.39 is 49.6 Å². The van der Waals surface area contributed by atoms with Crippen molar-refractivity contribution >= 4 is 25.1 Å². The number of aromatic nitrogens is 4. The van der Waals surface area contributed by atoms with Crippen LogP contribution in [-0.2, 0) is 19.4 Å². The van der Waals surface area contributed by atoms with Gasteiger partial charge in [-0.1, -0.05) is 72.8 Å². The van der Waals surface area contributed by atoms with E-state index in [1.807, 2.05) is 84.9 Å². The summed E-state index contributed by atoms with van der Waals surface area (Å²) in [6.07, 6.45) is -3.20. The minimum atomic E-state index is -3.14. The van der Waals surface area contributed by atoms with E-state index in [1.54, 1.807) is 7.11 Å². The largest absolute Gasteiger partial charge is 0.505 e. The third-order valence-corrected chi connectivity index (χ3v) is 8.56. The highest BCUT2D eigenvalue weighted by atomic mass is 31.1. The number of anilines is 1. The van der Waals surface area contributed by atoms with Gasteiger partial charge in [-0.3, -0.25) is 14.3 Å².